The Bertz CT molecular complexity index is 1400. The Morgan fingerprint density at radius 1 is 0.425 bits per heavy atom. The van der Waals surface area contributed by atoms with Gasteiger partial charge in [0.05, 0.1) is 25.4 Å². The Morgan fingerprint density at radius 2 is 0.738 bits per heavy atom. The Balaban J connectivity index is 2.03. The summed E-state index contributed by atoms with van der Waals surface area (Å²) in [5.41, 5.74) is 0. The molecule has 9 heteroatoms. The lowest BCUT2D eigenvalue weighted by molar-refractivity contribution is -0.302. The molecule has 0 radical (unpaired) electrons. The van der Waals surface area contributed by atoms with Crippen molar-refractivity contribution >= 4 is 5.91 Å². The molecule has 0 aromatic rings. The summed E-state index contributed by atoms with van der Waals surface area (Å²) < 4.78 is 11.3. The van der Waals surface area contributed by atoms with E-state index >= 15 is 0 Å². The molecule has 9 nitrogen and oxygen atoms in total. The predicted octanol–water partition coefficient (Wildman–Crippen LogP) is 18.8. The van der Waals surface area contributed by atoms with Crippen LogP contribution in [0.2, 0.25) is 0 Å². The monoisotopic (exact) mass is 1130 g/mol. The summed E-state index contributed by atoms with van der Waals surface area (Å²) in [5, 5.41) is 54.6. The molecule has 0 aromatic carbocycles. The number of hydrogen-bond acceptors (Lipinski definition) is 8. The van der Waals surface area contributed by atoms with Gasteiger partial charge in [0.15, 0.2) is 6.29 Å². The topological polar surface area (TPSA) is 149 Å². The zero-order chi connectivity index (χ0) is 57.9. The Labute approximate surface area is 494 Å². The minimum atomic E-state index is -1.57. The first kappa shape index (κ1) is 76.2. The van der Waals surface area contributed by atoms with E-state index in [1.54, 1.807) is 6.08 Å². The van der Waals surface area contributed by atoms with Crippen molar-refractivity contribution in [2.24, 2.45) is 0 Å². The molecule has 1 heterocycles. The van der Waals surface area contributed by atoms with Crippen molar-refractivity contribution in [1.29, 1.82) is 0 Å². The SMILES string of the molecule is CCCCCCC/C=C\C/C=C\C/C=C\CCCCCCCCCCCCCCCCCCCCCCCCCCCCC(=O)NC(COC1OC(CO)C(O)C(O)C1O)C(O)/C=C/CCCCCCCCCCCCCCCC. The highest BCUT2D eigenvalue weighted by molar-refractivity contribution is 5.76. The van der Waals surface area contributed by atoms with Crippen molar-refractivity contribution in [1.82, 2.24) is 5.32 Å². The molecule has 7 unspecified atom stereocenters. The van der Waals surface area contributed by atoms with Gasteiger partial charge in [-0.3, -0.25) is 4.79 Å². The Hall–Kier alpha value is -1.85. The van der Waals surface area contributed by atoms with Crippen LogP contribution in [0.15, 0.2) is 48.6 Å². The molecule has 1 fully saturated rings. The third-order valence-corrected chi connectivity index (χ3v) is 16.6. The molecule has 470 valence electrons. The van der Waals surface area contributed by atoms with Crippen LogP contribution in [0.25, 0.3) is 0 Å². The maximum Gasteiger partial charge on any atom is 0.220 e. The number of hydrogen-bond donors (Lipinski definition) is 6. The van der Waals surface area contributed by atoms with Crippen LogP contribution in [0.5, 0.6) is 0 Å². The van der Waals surface area contributed by atoms with Gasteiger partial charge < -0.3 is 40.3 Å². The molecule has 0 aromatic heterocycles. The molecule has 1 aliphatic rings. The molecule has 6 N–H and O–H groups in total. The third kappa shape index (κ3) is 48.5. The van der Waals surface area contributed by atoms with Crippen molar-refractivity contribution in [2.75, 3.05) is 13.2 Å². The maximum absolute atomic E-state index is 13.1. The van der Waals surface area contributed by atoms with Gasteiger partial charge in [0, 0.05) is 6.42 Å². The first-order valence-corrected chi connectivity index (χ1v) is 34.9. The average Bonchev–Trinajstić information content (AvgIpc) is 3.46. The number of aliphatic hydroxyl groups excluding tert-OH is 5. The number of rotatable bonds is 61. The summed E-state index contributed by atoms with van der Waals surface area (Å²) in [5.74, 6) is -0.171. The van der Waals surface area contributed by atoms with E-state index in [1.807, 2.05) is 6.08 Å². The van der Waals surface area contributed by atoms with Gasteiger partial charge in [-0.05, 0) is 57.8 Å². The summed E-state index contributed by atoms with van der Waals surface area (Å²) in [4.78, 5) is 13.1. The first-order valence-electron chi connectivity index (χ1n) is 34.9. The minimum absolute atomic E-state index is 0.171. The summed E-state index contributed by atoms with van der Waals surface area (Å²) in [6.45, 7) is 3.80. The van der Waals surface area contributed by atoms with Crippen LogP contribution in [-0.4, -0.2) is 87.5 Å². The third-order valence-electron chi connectivity index (χ3n) is 16.6. The summed E-state index contributed by atoms with van der Waals surface area (Å²) in [6, 6.07) is -0.803. The zero-order valence-electron chi connectivity index (χ0n) is 52.6. The quantitative estimate of drug-likeness (QED) is 0.0261. The highest BCUT2D eigenvalue weighted by atomic mass is 16.7. The summed E-state index contributed by atoms with van der Waals surface area (Å²) in [6.07, 6.45) is 75.2. The van der Waals surface area contributed by atoms with Crippen molar-refractivity contribution in [3.63, 3.8) is 0 Å². The lowest BCUT2D eigenvalue weighted by Crippen LogP contribution is -2.60. The number of unbranched alkanes of at least 4 members (excludes halogenated alkanes) is 45. The van der Waals surface area contributed by atoms with Crippen LogP contribution in [-0.2, 0) is 14.3 Å². The number of nitrogens with one attached hydrogen (secondary N) is 1. The Morgan fingerprint density at radius 3 is 1.09 bits per heavy atom. The molecular formula is C71H133NO8. The summed E-state index contributed by atoms with van der Waals surface area (Å²) in [7, 11) is 0. The molecule has 0 bridgehead atoms. The number of allylic oxidation sites excluding steroid dienone is 7. The van der Waals surface area contributed by atoms with Gasteiger partial charge >= 0.3 is 0 Å². The number of carbonyl (C=O) groups excluding carboxylic acids is 1. The van der Waals surface area contributed by atoms with Crippen LogP contribution < -0.4 is 5.32 Å². The number of aliphatic hydroxyl groups is 5. The van der Waals surface area contributed by atoms with Gasteiger partial charge in [0.25, 0.3) is 0 Å². The first-order chi connectivity index (χ1) is 39.3. The van der Waals surface area contributed by atoms with Crippen LogP contribution in [0, 0.1) is 0 Å². The fourth-order valence-electron chi connectivity index (χ4n) is 11.2. The van der Waals surface area contributed by atoms with Crippen molar-refractivity contribution < 1.29 is 39.8 Å². The molecule has 1 amide bonds. The second kappa shape index (κ2) is 60.3. The maximum atomic E-state index is 13.1. The van der Waals surface area contributed by atoms with Gasteiger partial charge in [-0.1, -0.05) is 326 Å². The van der Waals surface area contributed by atoms with Gasteiger partial charge in [0.1, 0.15) is 24.4 Å². The van der Waals surface area contributed by atoms with Gasteiger partial charge in [-0.15, -0.1) is 0 Å². The van der Waals surface area contributed by atoms with Crippen LogP contribution in [0.3, 0.4) is 0 Å². The molecular weight excluding hydrogens is 995 g/mol. The lowest BCUT2D eigenvalue weighted by atomic mass is 9.99. The van der Waals surface area contributed by atoms with Crippen LogP contribution in [0.4, 0.5) is 0 Å². The van der Waals surface area contributed by atoms with E-state index in [4.69, 9.17) is 9.47 Å². The summed E-state index contributed by atoms with van der Waals surface area (Å²) >= 11 is 0. The molecule has 7 atom stereocenters. The zero-order valence-corrected chi connectivity index (χ0v) is 52.6. The molecule has 1 saturated heterocycles. The smallest absolute Gasteiger partial charge is 0.220 e. The fraction of sp³-hybridized carbons (Fsp3) is 0.873. The molecule has 1 rings (SSSR count). The van der Waals surface area contributed by atoms with Gasteiger partial charge in [0.2, 0.25) is 5.91 Å². The van der Waals surface area contributed by atoms with Crippen molar-refractivity contribution in [2.45, 2.75) is 384 Å². The molecule has 0 aliphatic carbocycles. The lowest BCUT2D eigenvalue weighted by Gasteiger charge is -2.40. The fourth-order valence-corrected chi connectivity index (χ4v) is 11.2. The van der Waals surface area contributed by atoms with E-state index in [1.165, 1.54) is 270 Å². The molecule has 80 heavy (non-hydrogen) atoms. The minimum Gasteiger partial charge on any atom is -0.394 e. The van der Waals surface area contributed by atoms with E-state index < -0.39 is 49.5 Å². The van der Waals surface area contributed by atoms with Gasteiger partial charge in [-0.2, -0.15) is 0 Å². The molecule has 0 saturated carbocycles. The Kier molecular flexibility index (Phi) is 57.4. The number of ether oxygens (including phenoxy) is 2. The highest BCUT2D eigenvalue weighted by Crippen LogP contribution is 2.23. The largest absolute Gasteiger partial charge is 0.394 e. The van der Waals surface area contributed by atoms with Crippen molar-refractivity contribution in [3.05, 3.63) is 48.6 Å². The van der Waals surface area contributed by atoms with Crippen LogP contribution in [0.1, 0.15) is 341 Å². The highest BCUT2D eigenvalue weighted by Gasteiger charge is 2.44. The van der Waals surface area contributed by atoms with E-state index in [2.05, 4.69) is 55.6 Å². The standard InChI is InChI=1S/C71H133NO8/c1-3-5-7-9-11-13-15-17-19-21-22-23-24-25-26-27-28-29-30-31-32-33-34-35-36-37-38-39-40-41-42-43-44-45-47-49-51-53-55-57-59-61-67(75)72-64(63-79-71-70(78)69(77)68(76)66(62-73)80-71)65(74)60-58-56-54-52-50-48-46-20-18-16-14-12-10-8-6-4-2/h15,17,21-22,24-25,58,60,64-66,68-71,73-74,76-78H,3-14,16,18-20,23,26-57,59,61-63H2,1-2H3,(H,72,75)/b17-15-,22-21-,25-24-,60-58+. The second-order valence-electron chi connectivity index (χ2n) is 24.3. The second-order valence-corrected chi connectivity index (χ2v) is 24.3. The normalized spacial score (nSPS) is 18.7. The predicted molar refractivity (Wildman–Crippen MR) is 341 cm³/mol. The molecule has 1 aliphatic heterocycles. The number of carbonyl (C=O) groups is 1. The van der Waals surface area contributed by atoms with Gasteiger partial charge in [-0.25, -0.2) is 0 Å². The van der Waals surface area contributed by atoms with E-state index in [-0.39, 0.29) is 12.5 Å². The van der Waals surface area contributed by atoms with E-state index in [0.717, 1.165) is 51.4 Å². The molecule has 0 spiro atoms. The van der Waals surface area contributed by atoms with Crippen LogP contribution >= 0.6 is 0 Å². The average molecular weight is 1130 g/mol. The van der Waals surface area contributed by atoms with Crippen molar-refractivity contribution in [3.8, 4) is 0 Å². The number of amides is 1. The van der Waals surface area contributed by atoms with E-state index in [9.17, 15) is 30.3 Å². The van der Waals surface area contributed by atoms with E-state index in [0.29, 0.717) is 6.42 Å².